The summed E-state index contributed by atoms with van der Waals surface area (Å²) in [6.45, 7) is 0.829. The first-order chi connectivity index (χ1) is 15.7. The zero-order chi connectivity index (χ0) is 23.7. The first-order valence-electron chi connectivity index (χ1n) is 9.79. The van der Waals surface area contributed by atoms with Gasteiger partial charge in [0, 0.05) is 5.56 Å². The average Bonchev–Trinajstić information content (AvgIpc) is 2.81. The first kappa shape index (κ1) is 22.1. The molecule has 0 N–H and O–H groups in total. The largest absolute Gasteiger partial charge is 0.479 e. The second kappa shape index (κ2) is 8.81. The molecule has 0 unspecified atom stereocenters. The highest BCUT2D eigenvalue weighted by molar-refractivity contribution is 5.89. The van der Waals surface area contributed by atoms with Crippen molar-refractivity contribution in [2.75, 3.05) is 0 Å². The van der Waals surface area contributed by atoms with Crippen LogP contribution in [0.1, 0.15) is 22.4 Å². The molecule has 33 heavy (non-hydrogen) atoms. The Kier molecular flexibility index (Phi) is 5.91. The minimum Gasteiger partial charge on any atom is -0.479 e. The zero-order valence-electron chi connectivity index (χ0n) is 17.3. The van der Waals surface area contributed by atoms with Crippen molar-refractivity contribution in [2.45, 2.75) is 26.7 Å². The van der Waals surface area contributed by atoms with Gasteiger partial charge in [-0.15, -0.1) is 0 Å². The van der Waals surface area contributed by atoms with Gasteiger partial charge < -0.3 is 9.47 Å². The van der Waals surface area contributed by atoms with Crippen molar-refractivity contribution in [1.29, 1.82) is 0 Å². The summed E-state index contributed by atoms with van der Waals surface area (Å²) in [5, 5.41) is 0. The minimum atomic E-state index is -1.10. The molecule has 1 aromatic heterocycles. The Morgan fingerprint density at radius 3 is 2.42 bits per heavy atom. The molecule has 3 aromatic rings. The molecule has 170 valence electrons. The highest BCUT2D eigenvalue weighted by Gasteiger charge is 2.24. The van der Waals surface area contributed by atoms with E-state index in [4.69, 9.17) is 9.47 Å². The Labute approximate surface area is 184 Å². The van der Waals surface area contributed by atoms with E-state index >= 15 is 0 Å². The summed E-state index contributed by atoms with van der Waals surface area (Å²) in [7, 11) is 0. The Hall–Kier alpha value is -4.08. The number of ether oxygens (including phenoxy) is 2. The Balaban J connectivity index is 1.63. The molecule has 2 heterocycles. The number of benzene rings is 2. The van der Waals surface area contributed by atoms with Crippen LogP contribution in [0, 0.1) is 24.4 Å². The lowest BCUT2D eigenvalue weighted by Crippen LogP contribution is -2.43. The summed E-state index contributed by atoms with van der Waals surface area (Å²) in [4.78, 5) is 38.1. The van der Waals surface area contributed by atoms with Crippen molar-refractivity contribution < 1.29 is 27.4 Å². The van der Waals surface area contributed by atoms with Crippen LogP contribution in [-0.2, 0) is 34.0 Å². The molecule has 0 saturated heterocycles. The molecule has 0 aliphatic carbocycles. The SMILES string of the molecule is Cc1c2n(c(=O)n(Cc3ccc(F)c(F)c3)c1=O)C=C(C(=O)OCc1ccc(F)cc1)OC2. The van der Waals surface area contributed by atoms with E-state index in [1.165, 1.54) is 37.3 Å². The number of carbonyl (C=O) groups is 1. The molecule has 0 spiro atoms. The molecule has 1 aliphatic heterocycles. The van der Waals surface area contributed by atoms with E-state index in [9.17, 15) is 27.6 Å². The number of hydrogen-bond donors (Lipinski definition) is 0. The topological polar surface area (TPSA) is 79.5 Å². The molecule has 10 heteroatoms. The van der Waals surface area contributed by atoms with Crippen LogP contribution >= 0.6 is 0 Å². The quantitative estimate of drug-likeness (QED) is 0.550. The van der Waals surface area contributed by atoms with Gasteiger partial charge in [0.25, 0.3) is 5.56 Å². The summed E-state index contributed by atoms with van der Waals surface area (Å²) >= 11 is 0. The van der Waals surface area contributed by atoms with Gasteiger partial charge in [-0.1, -0.05) is 18.2 Å². The summed E-state index contributed by atoms with van der Waals surface area (Å²) in [5.41, 5.74) is -0.181. The van der Waals surface area contributed by atoms with Gasteiger partial charge in [-0.2, -0.15) is 0 Å². The summed E-state index contributed by atoms with van der Waals surface area (Å²) in [6.07, 6.45) is 1.11. The van der Waals surface area contributed by atoms with Gasteiger partial charge in [-0.25, -0.2) is 22.8 Å². The fourth-order valence-electron chi connectivity index (χ4n) is 3.32. The van der Waals surface area contributed by atoms with E-state index in [1.807, 2.05) is 0 Å². The molecular weight excluding hydrogens is 441 g/mol. The van der Waals surface area contributed by atoms with E-state index in [2.05, 4.69) is 0 Å². The molecule has 0 amide bonds. The zero-order valence-corrected chi connectivity index (χ0v) is 17.3. The van der Waals surface area contributed by atoms with Crippen molar-refractivity contribution in [3.63, 3.8) is 0 Å². The number of halogens is 3. The Bertz CT molecular complexity index is 1390. The molecule has 0 fully saturated rings. The fraction of sp³-hybridized carbons (Fsp3) is 0.174. The maximum Gasteiger partial charge on any atom is 0.375 e. The number of nitrogens with zero attached hydrogens (tertiary/aromatic N) is 2. The molecular formula is C23H17F3N2O5. The van der Waals surface area contributed by atoms with Crippen LogP contribution in [0.5, 0.6) is 0 Å². The van der Waals surface area contributed by atoms with E-state index in [1.54, 1.807) is 0 Å². The minimum absolute atomic E-state index is 0.143. The second-order valence-corrected chi connectivity index (χ2v) is 7.35. The molecule has 0 radical (unpaired) electrons. The van der Waals surface area contributed by atoms with Gasteiger partial charge in [-0.05, 0) is 42.3 Å². The van der Waals surface area contributed by atoms with E-state index in [-0.39, 0.29) is 42.3 Å². The lowest BCUT2D eigenvalue weighted by Gasteiger charge is -2.21. The van der Waals surface area contributed by atoms with Crippen LogP contribution in [0.3, 0.4) is 0 Å². The molecule has 7 nitrogen and oxygen atoms in total. The third-order valence-electron chi connectivity index (χ3n) is 5.15. The van der Waals surface area contributed by atoms with E-state index in [0.29, 0.717) is 5.56 Å². The van der Waals surface area contributed by atoms with Gasteiger partial charge in [-0.3, -0.25) is 13.9 Å². The van der Waals surface area contributed by atoms with Crippen LogP contribution < -0.4 is 11.2 Å². The highest BCUT2D eigenvalue weighted by atomic mass is 19.2. The second-order valence-electron chi connectivity index (χ2n) is 7.35. The maximum atomic E-state index is 13.5. The number of rotatable bonds is 5. The van der Waals surface area contributed by atoms with Crippen molar-refractivity contribution in [3.8, 4) is 0 Å². The first-order valence-corrected chi connectivity index (χ1v) is 9.79. The van der Waals surface area contributed by atoms with Gasteiger partial charge in [0.2, 0.25) is 5.76 Å². The number of fused-ring (bicyclic) bond motifs is 1. The predicted molar refractivity (Wildman–Crippen MR) is 110 cm³/mol. The summed E-state index contributed by atoms with van der Waals surface area (Å²) in [6, 6.07) is 8.44. The fourth-order valence-corrected chi connectivity index (χ4v) is 3.32. The van der Waals surface area contributed by atoms with Crippen LogP contribution in [0.4, 0.5) is 13.2 Å². The Morgan fingerprint density at radius 2 is 1.73 bits per heavy atom. The van der Waals surface area contributed by atoms with Gasteiger partial charge in [0.05, 0.1) is 18.4 Å². The third-order valence-corrected chi connectivity index (χ3v) is 5.15. The lowest BCUT2D eigenvalue weighted by molar-refractivity contribution is -0.144. The van der Waals surface area contributed by atoms with Crippen LogP contribution in [-0.4, -0.2) is 15.1 Å². The van der Waals surface area contributed by atoms with Gasteiger partial charge in [0.15, 0.2) is 11.6 Å². The highest BCUT2D eigenvalue weighted by Crippen LogP contribution is 2.17. The normalized spacial score (nSPS) is 12.5. The molecule has 0 saturated carbocycles. The molecule has 0 bridgehead atoms. The molecule has 1 aliphatic rings. The lowest BCUT2D eigenvalue weighted by atomic mass is 10.2. The molecule has 2 aromatic carbocycles. The predicted octanol–water partition coefficient (Wildman–Crippen LogP) is 2.86. The monoisotopic (exact) mass is 458 g/mol. The van der Waals surface area contributed by atoms with Crippen LogP contribution in [0.15, 0.2) is 57.8 Å². The summed E-state index contributed by atoms with van der Waals surface area (Å²) in [5.74, 6) is -3.69. The standard InChI is InChI=1S/C23H17F3N2O5/c1-13-19-12-32-20(22(30)33-11-14-2-5-16(24)6-3-14)10-27(19)23(31)28(21(13)29)9-15-4-7-17(25)18(26)8-15/h2-8,10H,9,11-12H2,1H3. The average molecular weight is 458 g/mol. The van der Waals surface area contributed by atoms with Crippen molar-refractivity contribution in [3.05, 3.63) is 109 Å². The number of esters is 1. The van der Waals surface area contributed by atoms with Gasteiger partial charge in [0.1, 0.15) is 19.0 Å². The van der Waals surface area contributed by atoms with Crippen molar-refractivity contribution >= 4 is 12.2 Å². The van der Waals surface area contributed by atoms with E-state index < -0.39 is 34.7 Å². The van der Waals surface area contributed by atoms with Crippen LogP contribution in [0.2, 0.25) is 0 Å². The number of carbonyl (C=O) groups excluding carboxylic acids is 1. The number of aromatic nitrogens is 2. The van der Waals surface area contributed by atoms with E-state index in [0.717, 1.165) is 27.5 Å². The van der Waals surface area contributed by atoms with Crippen molar-refractivity contribution in [1.82, 2.24) is 9.13 Å². The number of hydrogen-bond acceptors (Lipinski definition) is 5. The van der Waals surface area contributed by atoms with Gasteiger partial charge >= 0.3 is 11.7 Å². The molecule has 4 rings (SSSR count). The van der Waals surface area contributed by atoms with Crippen molar-refractivity contribution in [2.24, 2.45) is 0 Å². The summed E-state index contributed by atoms with van der Waals surface area (Å²) < 4.78 is 52.2. The van der Waals surface area contributed by atoms with Crippen LogP contribution in [0.25, 0.3) is 6.20 Å². The molecule has 0 atom stereocenters. The Morgan fingerprint density at radius 1 is 1.03 bits per heavy atom. The third kappa shape index (κ3) is 4.45. The smallest absolute Gasteiger partial charge is 0.375 e. The maximum absolute atomic E-state index is 13.5.